The van der Waals surface area contributed by atoms with Crippen LogP contribution in [0.2, 0.25) is 0 Å². The molecule has 0 spiro atoms. The summed E-state index contributed by atoms with van der Waals surface area (Å²) in [5.41, 5.74) is 1.21. The molecule has 1 aromatic carbocycles. The molecule has 0 radical (unpaired) electrons. The molecule has 180 valence electrons. The van der Waals surface area contributed by atoms with Crippen molar-refractivity contribution >= 4 is 39.2 Å². The Hall–Kier alpha value is -2.80. The third kappa shape index (κ3) is 6.60. The van der Waals surface area contributed by atoms with Crippen molar-refractivity contribution in [3.63, 3.8) is 0 Å². The van der Waals surface area contributed by atoms with Gasteiger partial charge in [-0.15, -0.1) is 0 Å². The lowest BCUT2D eigenvalue weighted by molar-refractivity contribution is -0.550. The maximum atomic E-state index is 12.4. The summed E-state index contributed by atoms with van der Waals surface area (Å²) in [5.74, 6) is 0.903. The van der Waals surface area contributed by atoms with Gasteiger partial charge in [-0.2, -0.15) is 4.98 Å². The second-order valence-corrected chi connectivity index (χ2v) is 9.60. The highest BCUT2D eigenvalue weighted by Crippen LogP contribution is 2.29. The summed E-state index contributed by atoms with van der Waals surface area (Å²) in [6.07, 6.45) is 6.01. The number of carbonyl (C=O) groups is 1. The molecule has 0 aliphatic heterocycles. The van der Waals surface area contributed by atoms with Crippen molar-refractivity contribution in [2.75, 3.05) is 42.3 Å². The van der Waals surface area contributed by atoms with E-state index in [0.29, 0.717) is 35.7 Å². The first-order valence-corrected chi connectivity index (χ1v) is 12.5. The predicted octanol–water partition coefficient (Wildman–Crippen LogP) is 0.985. The van der Waals surface area contributed by atoms with Crippen LogP contribution < -0.4 is 25.6 Å². The smallest absolute Gasteiger partial charge is 0.395 e. The van der Waals surface area contributed by atoms with E-state index in [2.05, 4.69) is 25.3 Å². The Balaban J connectivity index is 1.80. The van der Waals surface area contributed by atoms with E-state index in [0.717, 1.165) is 25.7 Å². The van der Waals surface area contributed by atoms with Gasteiger partial charge in [-0.1, -0.05) is 12.8 Å². The number of anilines is 4. The van der Waals surface area contributed by atoms with Gasteiger partial charge >= 0.3 is 6.03 Å². The Morgan fingerprint density at radius 3 is 2.58 bits per heavy atom. The lowest BCUT2D eigenvalue weighted by Crippen LogP contribution is -2.90. The molecule has 6 N–H and O–H groups in total. The van der Waals surface area contributed by atoms with E-state index in [1.165, 1.54) is 17.0 Å². The number of nitrogens with zero attached hydrogens (tertiary/aromatic N) is 3. The van der Waals surface area contributed by atoms with Crippen molar-refractivity contribution in [1.82, 2.24) is 14.7 Å². The molecule has 3 rings (SSSR count). The van der Waals surface area contributed by atoms with E-state index >= 15 is 0 Å². The Bertz CT molecular complexity index is 1040. The molecule has 1 fully saturated rings. The van der Waals surface area contributed by atoms with Crippen molar-refractivity contribution in [3.05, 3.63) is 30.5 Å². The highest BCUT2D eigenvalue weighted by Gasteiger charge is 2.23. The molecular weight excluding hydrogens is 446 g/mol. The molecule has 1 aliphatic carbocycles. The standard InChI is InChI=1S/C21H31N7O4S/c1-3-22-21(30)28(2)18-14-23-20(27-19(18)25-15-6-4-5-7-15)26-16-8-10-17(11-9-16)33(31,32)24-12-13-29/h8-11,14-15,24,29H,3-7,12-13H2,1-2H3,(H,22,30)(H2,23,25,26,27)/p+1. The molecule has 1 aliphatic rings. The third-order valence-electron chi connectivity index (χ3n) is 5.36. The molecular formula is C21H32N7O4S+. The summed E-state index contributed by atoms with van der Waals surface area (Å²) in [5, 5.41) is 17.0. The van der Waals surface area contributed by atoms with E-state index < -0.39 is 10.0 Å². The molecule has 0 atom stereocenters. The summed E-state index contributed by atoms with van der Waals surface area (Å²) in [6, 6.07) is 6.31. The van der Waals surface area contributed by atoms with Gasteiger partial charge in [-0.3, -0.25) is 10.2 Å². The molecule has 11 nitrogen and oxygen atoms in total. The van der Waals surface area contributed by atoms with E-state index in [1.807, 2.05) is 6.92 Å². The molecule has 0 saturated heterocycles. The van der Waals surface area contributed by atoms with E-state index in [9.17, 15) is 13.2 Å². The summed E-state index contributed by atoms with van der Waals surface area (Å²) < 4.78 is 26.6. The van der Waals surface area contributed by atoms with Crippen LogP contribution >= 0.6 is 0 Å². The van der Waals surface area contributed by atoms with Gasteiger partial charge in [0.2, 0.25) is 16.0 Å². The molecule has 1 aromatic heterocycles. The van der Waals surface area contributed by atoms with Crippen LogP contribution in [0, 0.1) is 0 Å². The maximum Gasteiger partial charge on any atom is 0.420 e. The lowest BCUT2D eigenvalue weighted by Gasteiger charge is -2.21. The van der Waals surface area contributed by atoms with E-state index in [4.69, 9.17) is 5.11 Å². The van der Waals surface area contributed by atoms with Gasteiger partial charge in [0.25, 0.3) is 0 Å². The van der Waals surface area contributed by atoms with Crippen LogP contribution in [0.3, 0.4) is 0 Å². The van der Waals surface area contributed by atoms with Crippen molar-refractivity contribution in [3.8, 4) is 0 Å². The first-order chi connectivity index (χ1) is 15.8. The van der Waals surface area contributed by atoms with Gasteiger partial charge in [0, 0.05) is 25.3 Å². The second kappa shape index (κ2) is 11.4. The molecule has 2 aromatic rings. The number of benzene rings is 1. The molecule has 1 heterocycles. The number of amides is 2. The van der Waals surface area contributed by atoms with Gasteiger partial charge in [0.1, 0.15) is 5.69 Å². The number of quaternary nitrogens is 1. The van der Waals surface area contributed by atoms with Gasteiger partial charge in [-0.05, 0) is 44.0 Å². The van der Waals surface area contributed by atoms with Gasteiger partial charge in [0.05, 0.1) is 24.2 Å². The zero-order valence-corrected chi connectivity index (χ0v) is 19.7. The monoisotopic (exact) mass is 478 g/mol. The quantitative estimate of drug-likeness (QED) is 0.339. The number of nitrogens with one attached hydrogen (secondary N) is 3. The van der Waals surface area contributed by atoms with Crippen molar-refractivity contribution < 1.29 is 23.6 Å². The summed E-state index contributed by atoms with van der Waals surface area (Å²) in [6.45, 7) is 2.22. The van der Waals surface area contributed by atoms with Crippen molar-refractivity contribution in [2.24, 2.45) is 0 Å². The fourth-order valence-corrected chi connectivity index (χ4v) is 4.61. The molecule has 0 bridgehead atoms. The number of hydrogen-bond acceptors (Lipinski definition) is 8. The molecule has 12 heteroatoms. The number of nitrogens with two attached hydrogens (primary N) is 1. The van der Waals surface area contributed by atoms with Crippen LogP contribution in [0.1, 0.15) is 32.6 Å². The Morgan fingerprint density at radius 1 is 1.24 bits per heavy atom. The van der Waals surface area contributed by atoms with E-state index in [1.54, 1.807) is 30.7 Å². The SMILES string of the molecule is CC[NH2+]C(=O)N(C)c1cnc(Nc2ccc(S(=O)(=O)NCCO)cc2)nc1NC1CCCC1. The van der Waals surface area contributed by atoms with Crippen LogP contribution in [-0.4, -0.2) is 62.3 Å². The Morgan fingerprint density at radius 2 is 1.94 bits per heavy atom. The summed E-state index contributed by atoms with van der Waals surface area (Å²) >= 11 is 0. The first kappa shape index (κ1) is 24.8. The topological polar surface area (TPSA) is 153 Å². The summed E-state index contributed by atoms with van der Waals surface area (Å²) in [7, 11) is -1.98. The minimum absolute atomic E-state index is 0.0493. The zero-order chi connectivity index (χ0) is 23.8. The van der Waals surface area contributed by atoms with Gasteiger partial charge in [-0.25, -0.2) is 22.9 Å². The van der Waals surface area contributed by atoms with Crippen LogP contribution in [0.5, 0.6) is 0 Å². The first-order valence-electron chi connectivity index (χ1n) is 11.1. The lowest BCUT2D eigenvalue weighted by atomic mass is 10.2. The number of rotatable bonds is 10. The molecule has 1 saturated carbocycles. The molecule has 0 unspecified atom stereocenters. The van der Waals surface area contributed by atoms with Gasteiger partial charge in [0.15, 0.2) is 5.82 Å². The van der Waals surface area contributed by atoms with Crippen LogP contribution in [-0.2, 0) is 10.0 Å². The minimum atomic E-state index is -3.68. The number of primary amides is 1. The fourth-order valence-electron chi connectivity index (χ4n) is 3.59. The summed E-state index contributed by atoms with van der Waals surface area (Å²) in [4.78, 5) is 23.0. The second-order valence-electron chi connectivity index (χ2n) is 7.83. The van der Waals surface area contributed by atoms with Crippen molar-refractivity contribution in [2.45, 2.75) is 43.5 Å². The number of carbonyl (C=O) groups excluding carboxylic acids is 1. The third-order valence-corrected chi connectivity index (χ3v) is 6.84. The predicted molar refractivity (Wildman–Crippen MR) is 126 cm³/mol. The average molecular weight is 479 g/mol. The van der Waals surface area contributed by atoms with E-state index in [-0.39, 0.29) is 24.1 Å². The molecule has 2 amide bonds. The zero-order valence-electron chi connectivity index (χ0n) is 18.9. The van der Waals surface area contributed by atoms with Crippen molar-refractivity contribution in [1.29, 1.82) is 0 Å². The number of aromatic nitrogens is 2. The number of aliphatic hydroxyl groups excluding tert-OH is 1. The van der Waals surface area contributed by atoms with Gasteiger partial charge < -0.3 is 15.7 Å². The average Bonchev–Trinajstić information content (AvgIpc) is 3.31. The molecule has 33 heavy (non-hydrogen) atoms. The minimum Gasteiger partial charge on any atom is -0.395 e. The maximum absolute atomic E-state index is 12.4. The number of sulfonamides is 1. The Labute approximate surface area is 194 Å². The van der Waals surface area contributed by atoms with Crippen LogP contribution in [0.4, 0.5) is 27.9 Å². The number of hydrogen-bond donors (Lipinski definition) is 5. The number of aliphatic hydroxyl groups is 1. The fraction of sp³-hybridized carbons (Fsp3) is 0.476. The highest BCUT2D eigenvalue weighted by molar-refractivity contribution is 7.89. The van der Waals surface area contributed by atoms with Crippen LogP contribution in [0.25, 0.3) is 0 Å². The number of urea groups is 1. The highest BCUT2D eigenvalue weighted by atomic mass is 32.2. The Kier molecular flexibility index (Phi) is 8.55. The largest absolute Gasteiger partial charge is 0.420 e. The normalized spacial score (nSPS) is 14.3. The van der Waals surface area contributed by atoms with Crippen LogP contribution in [0.15, 0.2) is 35.4 Å².